The van der Waals surface area contributed by atoms with Crippen molar-refractivity contribution < 1.29 is 4.79 Å². The van der Waals surface area contributed by atoms with Crippen molar-refractivity contribution in [2.75, 3.05) is 5.32 Å². The summed E-state index contributed by atoms with van der Waals surface area (Å²) in [6.07, 6.45) is 1.09. The van der Waals surface area contributed by atoms with Crippen molar-refractivity contribution in [3.63, 3.8) is 0 Å². The van der Waals surface area contributed by atoms with Crippen molar-refractivity contribution in [2.24, 2.45) is 0 Å². The molecule has 96 valence electrons. The van der Waals surface area contributed by atoms with Gasteiger partial charge in [0.15, 0.2) is 0 Å². The Hall–Kier alpha value is -2.26. The number of anilines is 1. The minimum absolute atomic E-state index is 0.237. The number of nitrogens with zero attached hydrogens (tertiary/aromatic N) is 3. The molecule has 19 heavy (non-hydrogen) atoms. The van der Waals surface area contributed by atoms with Crippen molar-refractivity contribution >= 4 is 22.4 Å². The van der Waals surface area contributed by atoms with E-state index < -0.39 is 0 Å². The lowest BCUT2D eigenvalue weighted by molar-refractivity contribution is 0.102. The molecule has 0 saturated carbocycles. The van der Waals surface area contributed by atoms with E-state index in [9.17, 15) is 4.79 Å². The highest BCUT2D eigenvalue weighted by Crippen LogP contribution is 2.16. The molecule has 0 atom stereocenters. The maximum atomic E-state index is 12.0. The highest BCUT2D eigenvalue weighted by atomic mass is 32.1. The third-order valence-electron chi connectivity index (χ3n) is 2.46. The molecule has 0 aliphatic heterocycles. The van der Waals surface area contributed by atoms with Gasteiger partial charge in [-0.2, -0.15) is 5.26 Å². The lowest BCUT2D eigenvalue weighted by Gasteiger charge is -2.02. The van der Waals surface area contributed by atoms with Crippen LogP contribution in [0.15, 0.2) is 24.3 Å². The molecular weight excluding hydrogens is 260 g/mol. The van der Waals surface area contributed by atoms with Crippen LogP contribution in [0.25, 0.3) is 0 Å². The van der Waals surface area contributed by atoms with Crippen molar-refractivity contribution in [3.05, 3.63) is 40.4 Å². The maximum absolute atomic E-state index is 12.0. The highest BCUT2D eigenvalue weighted by molar-refractivity contribution is 7.15. The van der Waals surface area contributed by atoms with Gasteiger partial charge < -0.3 is 0 Å². The van der Waals surface area contributed by atoms with Gasteiger partial charge in [-0.05, 0) is 24.1 Å². The normalized spacial score (nSPS) is 9.89. The summed E-state index contributed by atoms with van der Waals surface area (Å²) < 4.78 is 0. The molecule has 1 aromatic heterocycles. The molecule has 1 N–H and O–H groups in total. The molecular formula is C13H12N4OS. The summed E-state index contributed by atoms with van der Waals surface area (Å²) >= 11 is 1.36. The number of carbonyl (C=O) groups excluding carboxylic acids is 1. The fourth-order valence-electron chi connectivity index (χ4n) is 1.53. The lowest BCUT2D eigenvalue weighted by atomic mass is 10.1. The van der Waals surface area contributed by atoms with Gasteiger partial charge in [0.1, 0.15) is 5.01 Å². The monoisotopic (exact) mass is 272 g/mol. The Morgan fingerprint density at radius 1 is 1.47 bits per heavy atom. The van der Waals surface area contributed by atoms with Gasteiger partial charge in [-0.25, -0.2) is 0 Å². The topological polar surface area (TPSA) is 78.7 Å². The van der Waals surface area contributed by atoms with Gasteiger partial charge in [0.25, 0.3) is 5.91 Å². The fraction of sp³-hybridized carbons (Fsp3) is 0.231. The number of aromatic nitrogens is 2. The zero-order valence-electron chi connectivity index (χ0n) is 10.4. The molecule has 0 saturated heterocycles. The second kappa shape index (κ2) is 6.07. The van der Waals surface area contributed by atoms with E-state index in [1.807, 2.05) is 13.0 Å². The molecule has 0 unspecified atom stereocenters. The molecule has 0 spiro atoms. The number of aryl methyl sites for hydroxylation is 1. The Kier molecular flexibility index (Phi) is 4.21. The Morgan fingerprint density at radius 3 is 3.00 bits per heavy atom. The Bertz CT molecular complexity index is 630. The number of nitrogens with one attached hydrogen (secondary N) is 1. The van der Waals surface area contributed by atoms with Crippen LogP contribution in [-0.4, -0.2) is 16.1 Å². The van der Waals surface area contributed by atoms with Gasteiger partial charge in [-0.15, -0.1) is 10.2 Å². The maximum Gasteiger partial charge on any atom is 0.257 e. The zero-order chi connectivity index (χ0) is 13.7. The fourth-order valence-corrected chi connectivity index (χ4v) is 2.20. The second-order valence-electron chi connectivity index (χ2n) is 3.84. The molecule has 2 rings (SSSR count). The van der Waals surface area contributed by atoms with E-state index in [1.54, 1.807) is 18.2 Å². The number of hydrogen-bond acceptors (Lipinski definition) is 5. The van der Waals surface area contributed by atoms with E-state index in [4.69, 9.17) is 5.26 Å². The summed E-state index contributed by atoms with van der Waals surface area (Å²) in [7, 11) is 0. The van der Waals surface area contributed by atoms with Crippen LogP contribution in [0, 0.1) is 11.3 Å². The predicted octanol–water partition coefficient (Wildman–Crippen LogP) is 2.42. The molecule has 0 aliphatic rings. The number of rotatable bonds is 4. The summed E-state index contributed by atoms with van der Waals surface area (Å²) in [5.74, 6) is -0.237. The SMILES string of the molecule is CCc1nnc(NC(=O)c2cccc(CC#N)c2)s1. The first-order valence-corrected chi connectivity index (χ1v) is 6.64. The van der Waals surface area contributed by atoms with Crippen LogP contribution in [0.2, 0.25) is 0 Å². The number of nitriles is 1. The van der Waals surface area contributed by atoms with E-state index in [2.05, 4.69) is 21.6 Å². The molecule has 5 nitrogen and oxygen atoms in total. The Morgan fingerprint density at radius 2 is 2.32 bits per heavy atom. The lowest BCUT2D eigenvalue weighted by Crippen LogP contribution is -2.11. The zero-order valence-corrected chi connectivity index (χ0v) is 11.2. The molecule has 1 heterocycles. The van der Waals surface area contributed by atoms with Crippen LogP contribution in [0.3, 0.4) is 0 Å². The van der Waals surface area contributed by atoms with E-state index in [0.717, 1.165) is 17.0 Å². The van der Waals surface area contributed by atoms with Gasteiger partial charge in [0.2, 0.25) is 5.13 Å². The van der Waals surface area contributed by atoms with Crippen LogP contribution in [0.1, 0.15) is 27.9 Å². The average molecular weight is 272 g/mol. The van der Waals surface area contributed by atoms with Gasteiger partial charge >= 0.3 is 0 Å². The van der Waals surface area contributed by atoms with E-state index in [-0.39, 0.29) is 5.91 Å². The molecule has 2 aromatic rings. The van der Waals surface area contributed by atoms with Crippen molar-refractivity contribution in [1.29, 1.82) is 5.26 Å². The summed E-state index contributed by atoms with van der Waals surface area (Å²) in [4.78, 5) is 12.0. The highest BCUT2D eigenvalue weighted by Gasteiger charge is 2.10. The first kappa shape index (κ1) is 13.2. The quantitative estimate of drug-likeness (QED) is 0.927. The van der Waals surface area contributed by atoms with Gasteiger partial charge in [0.05, 0.1) is 12.5 Å². The van der Waals surface area contributed by atoms with Crippen molar-refractivity contribution in [2.45, 2.75) is 19.8 Å². The number of carbonyl (C=O) groups is 1. The van der Waals surface area contributed by atoms with Crippen LogP contribution in [0.4, 0.5) is 5.13 Å². The third-order valence-corrected chi connectivity index (χ3v) is 3.45. The Labute approximate surface area is 114 Å². The standard InChI is InChI=1S/C13H12N4OS/c1-2-11-16-17-13(19-11)15-12(18)10-5-3-4-9(8-10)6-7-14/h3-5,8H,2,6H2,1H3,(H,15,17,18). The first-order chi connectivity index (χ1) is 9.22. The molecule has 0 aliphatic carbocycles. The molecule has 6 heteroatoms. The summed E-state index contributed by atoms with van der Waals surface area (Å²) in [5, 5.41) is 20.6. The largest absolute Gasteiger partial charge is 0.296 e. The van der Waals surface area contributed by atoms with Gasteiger partial charge in [0, 0.05) is 5.56 Å². The minimum Gasteiger partial charge on any atom is -0.296 e. The second-order valence-corrected chi connectivity index (χ2v) is 4.91. The van der Waals surface area contributed by atoms with Crippen molar-refractivity contribution in [3.8, 4) is 6.07 Å². The smallest absolute Gasteiger partial charge is 0.257 e. The molecule has 1 aromatic carbocycles. The minimum atomic E-state index is -0.237. The van der Waals surface area contributed by atoms with Crippen LogP contribution >= 0.6 is 11.3 Å². The number of benzene rings is 1. The van der Waals surface area contributed by atoms with Crippen LogP contribution < -0.4 is 5.32 Å². The first-order valence-electron chi connectivity index (χ1n) is 5.82. The molecule has 1 amide bonds. The van der Waals surface area contributed by atoms with E-state index in [1.165, 1.54) is 11.3 Å². The van der Waals surface area contributed by atoms with Gasteiger partial charge in [-0.3, -0.25) is 10.1 Å². The third kappa shape index (κ3) is 3.36. The van der Waals surface area contributed by atoms with Gasteiger partial charge in [-0.1, -0.05) is 30.4 Å². The molecule has 0 bridgehead atoms. The summed E-state index contributed by atoms with van der Waals surface area (Å²) in [6, 6.07) is 9.06. The summed E-state index contributed by atoms with van der Waals surface area (Å²) in [5.41, 5.74) is 1.34. The van der Waals surface area contributed by atoms with Crippen molar-refractivity contribution in [1.82, 2.24) is 10.2 Å². The van der Waals surface area contributed by atoms with E-state index in [0.29, 0.717) is 17.1 Å². The number of amides is 1. The van der Waals surface area contributed by atoms with Crippen LogP contribution in [0.5, 0.6) is 0 Å². The number of hydrogen-bond donors (Lipinski definition) is 1. The molecule has 0 fully saturated rings. The van der Waals surface area contributed by atoms with E-state index >= 15 is 0 Å². The Balaban J connectivity index is 2.11. The van der Waals surface area contributed by atoms with Crippen LogP contribution in [-0.2, 0) is 12.8 Å². The molecule has 0 radical (unpaired) electrons. The summed E-state index contributed by atoms with van der Waals surface area (Å²) in [6.45, 7) is 1.98. The average Bonchev–Trinajstić information content (AvgIpc) is 2.87. The predicted molar refractivity (Wildman–Crippen MR) is 73.0 cm³/mol.